The smallest absolute Gasteiger partial charge is 0.243 e. The molecule has 1 saturated heterocycles. The lowest BCUT2D eigenvalue weighted by atomic mass is 10.0. The van der Waals surface area contributed by atoms with Crippen LogP contribution < -0.4 is 0 Å². The quantitative estimate of drug-likeness (QED) is 0.474. The lowest BCUT2D eigenvalue weighted by Crippen LogP contribution is -2.49. The number of nitrogens with zero attached hydrogens (tertiary/aromatic N) is 2. The highest BCUT2D eigenvalue weighted by atomic mass is 32.2. The zero-order valence-electron chi connectivity index (χ0n) is 19.0. The van der Waals surface area contributed by atoms with E-state index in [0.717, 1.165) is 16.7 Å². The molecule has 0 bridgehead atoms. The second-order valence-electron chi connectivity index (χ2n) is 8.41. The maximum absolute atomic E-state index is 13.4. The van der Waals surface area contributed by atoms with Gasteiger partial charge in [-0.25, -0.2) is 17.2 Å². The Morgan fingerprint density at radius 1 is 0.794 bits per heavy atom. The Morgan fingerprint density at radius 3 is 1.79 bits per heavy atom. The number of aryl methyl sites for hydroxylation is 1. The number of hydrogen-bond donors (Lipinski definition) is 0. The van der Waals surface area contributed by atoms with Crippen molar-refractivity contribution < 1.29 is 21.9 Å². The van der Waals surface area contributed by atoms with Gasteiger partial charge in [0.1, 0.15) is 17.7 Å². The third-order valence-electron chi connectivity index (χ3n) is 6.03. The second-order valence-corrected chi connectivity index (χ2v) is 10.4. The van der Waals surface area contributed by atoms with Crippen LogP contribution in [0.15, 0.2) is 77.7 Å². The van der Waals surface area contributed by atoms with E-state index < -0.39 is 16.1 Å². The number of sulfonamides is 1. The normalized spacial score (nSPS) is 15.6. The monoisotopic (exact) mass is 486 g/mol. The first-order valence-corrected chi connectivity index (χ1v) is 12.7. The molecule has 3 aromatic carbocycles. The van der Waals surface area contributed by atoms with Crippen molar-refractivity contribution in [3.63, 3.8) is 0 Å². The molecule has 1 aliphatic rings. The van der Waals surface area contributed by atoms with Gasteiger partial charge in [-0.15, -0.1) is 0 Å². The van der Waals surface area contributed by atoms with Crippen molar-refractivity contribution in [1.82, 2.24) is 9.21 Å². The molecule has 0 N–H and O–H groups in total. The van der Waals surface area contributed by atoms with E-state index in [9.17, 15) is 17.2 Å². The van der Waals surface area contributed by atoms with Gasteiger partial charge in [0.25, 0.3) is 0 Å². The molecule has 1 aliphatic heterocycles. The maximum atomic E-state index is 13.4. The highest BCUT2D eigenvalue weighted by molar-refractivity contribution is 7.89. The minimum absolute atomic E-state index is 0.316. The number of rotatable bonds is 8. The SMILES string of the molecule is Cc1ccc(S(=O)(=O)N2CCN(CCOC(c3ccc(F)cc3)c3ccc(F)cc3)CC2)cc1. The molecule has 4 rings (SSSR count). The van der Waals surface area contributed by atoms with E-state index in [1.165, 1.54) is 28.6 Å². The van der Waals surface area contributed by atoms with Gasteiger partial charge in [0.15, 0.2) is 0 Å². The van der Waals surface area contributed by atoms with Gasteiger partial charge in [-0.2, -0.15) is 4.31 Å². The Hall–Kier alpha value is -2.65. The van der Waals surface area contributed by atoms with Crippen LogP contribution in [0.3, 0.4) is 0 Å². The van der Waals surface area contributed by atoms with Gasteiger partial charge in [-0.1, -0.05) is 42.0 Å². The van der Waals surface area contributed by atoms with Gasteiger partial charge < -0.3 is 4.74 Å². The molecule has 5 nitrogen and oxygen atoms in total. The van der Waals surface area contributed by atoms with Gasteiger partial charge in [0.2, 0.25) is 10.0 Å². The third-order valence-corrected chi connectivity index (χ3v) is 7.94. The van der Waals surface area contributed by atoms with Gasteiger partial charge >= 0.3 is 0 Å². The first kappa shape index (κ1) is 24.5. The Kier molecular flexibility index (Phi) is 7.73. The van der Waals surface area contributed by atoms with Crippen LogP contribution in [0.2, 0.25) is 0 Å². The molecule has 0 aromatic heterocycles. The van der Waals surface area contributed by atoms with Gasteiger partial charge in [-0.05, 0) is 54.4 Å². The molecule has 3 aromatic rings. The molecule has 0 spiro atoms. The van der Waals surface area contributed by atoms with Crippen molar-refractivity contribution in [3.8, 4) is 0 Å². The fourth-order valence-corrected chi connectivity index (χ4v) is 5.43. The van der Waals surface area contributed by atoms with Crippen LogP contribution in [0.5, 0.6) is 0 Å². The summed E-state index contributed by atoms with van der Waals surface area (Å²) in [5.41, 5.74) is 2.58. The fourth-order valence-electron chi connectivity index (χ4n) is 4.01. The summed E-state index contributed by atoms with van der Waals surface area (Å²) in [6, 6.07) is 19.1. The van der Waals surface area contributed by atoms with Crippen molar-refractivity contribution in [2.45, 2.75) is 17.9 Å². The van der Waals surface area contributed by atoms with E-state index >= 15 is 0 Å². The largest absolute Gasteiger partial charge is 0.367 e. The van der Waals surface area contributed by atoms with Crippen molar-refractivity contribution in [3.05, 3.63) is 101 Å². The maximum Gasteiger partial charge on any atom is 0.243 e. The lowest BCUT2D eigenvalue weighted by Gasteiger charge is -2.34. The van der Waals surface area contributed by atoms with Crippen molar-refractivity contribution in [1.29, 1.82) is 0 Å². The summed E-state index contributed by atoms with van der Waals surface area (Å²) in [5, 5.41) is 0. The molecular formula is C26H28F2N2O3S. The van der Waals surface area contributed by atoms with E-state index in [1.807, 2.05) is 6.92 Å². The molecule has 180 valence electrons. The van der Waals surface area contributed by atoms with Crippen molar-refractivity contribution >= 4 is 10.0 Å². The number of piperazine rings is 1. The lowest BCUT2D eigenvalue weighted by molar-refractivity contribution is 0.0526. The Morgan fingerprint density at radius 2 is 1.29 bits per heavy atom. The topological polar surface area (TPSA) is 49.9 Å². The minimum Gasteiger partial charge on any atom is -0.367 e. The third kappa shape index (κ3) is 5.88. The molecule has 1 heterocycles. The van der Waals surface area contributed by atoms with Crippen LogP contribution in [0.4, 0.5) is 8.78 Å². The summed E-state index contributed by atoms with van der Waals surface area (Å²) < 4.78 is 60.3. The van der Waals surface area contributed by atoms with E-state index in [-0.39, 0.29) is 11.6 Å². The Balaban J connectivity index is 1.34. The molecule has 0 atom stereocenters. The summed E-state index contributed by atoms with van der Waals surface area (Å²) in [4.78, 5) is 2.48. The molecule has 0 amide bonds. The van der Waals surface area contributed by atoms with E-state index in [0.29, 0.717) is 44.2 Å². The number of benzene rings is 3. The molecule has 0 radical (unpaired) electrons. The first-order valence-electron chi connectivity index (χ1n) is 11.2. The molecule has 0 unspecified atom stereocenters. The van der Waals surface area contributed by atoms with Crippen LogP contribution in [0.1, 0.15) is 22.8 Å². The average molecular weight is 487 g/mol. The summed E-state index contributed by atoms with van der Waals surface area (Å²) in [5.74, 6) is -0.667. The van der Waals surface area contributed by atoms with E-state index in [4.69, 9.17) is 4.74 Å². The fraction of sp³-hybridized carbons (Fsp3) is 0.308. The van der Waals surface area contributed by atoms with Gasteiger partial charge in [0, 0.05) is 32.7 Å². The molecule has 8 heteroatoms. The number of hydrogen-bond acceptors (Lipinski definition) is 4. The molecular weight excluding hydrogens is 458 g/mol. The first-order chi connectivity index (χ1) is 16.3. The molecule has 34 heavy (non-hydrogen) atoms. The summed E-state index contributed by atoms with van der Waals surface area (Å²) in [6.45, 7) is 4.97. The predicted octanol–water partition coefficient (Wildman–Crippen LogP) is 4.39. The summed E-state index contributed by atoms with van der Waals surface area (Å²) >= 11 is 0. The van der Waals surface area contributed by atoms with Gasteiger partial charge in [-0.3, -0.25) is 4.90 Å². The molecule has 0 aliphatic carbocycles. The highest BCUT2D eigenvalue weighted by Crippen LogP contribution is 2.27. The average Bonchev–Trinajstić information content (AvgIpc) is 2.84. The Bertz CT molecular complexity index is 1130. The van der Waals surface area contributed by atoms with Crippen molar-refractivity contribution in [2.24, 2.45) is 0 Å². The van der Waals surface area contributed by atoms with Crippen molar-refractivity contribution in [2.75, 3.05) is 39.3 Å². The number of ether oxygens (including phenoxy) is 1. The second kappa shape index (κ2) is 10.7. The summed E-state index contributed by atoms with van der Waals surface area (Å²) in [6.07, 6.45) is -0.454. The van der Waals surface area contributed by atoms with Gasteiger partial charge in [0.05, 0.1) is 11.5 Å². The van der Waals surface area contributed by atoms with Crippen LogP contribution >= 0.6 is 0 Å². The van der Waals surface area contributed by atoms with E-state index in [1.54, 1.807) is 48.5 Å². The Labute approximate surface area is 199 Å². The number of halogens is 2. The van der Waals surface area contributed by atoms with E-state index in [2.05, 4.69) is 4.90 Å². The highest BCUT2D eigenvalue weighted by Gasteiger charge is 2.28. The zero-order valence-corrected chi connectivity index (χ0v) is 19.8. The van der Waals surface area contributed by atoms with Crippen LogP contribution in [-0.2, 0) is 14.8 Å². The van der Waals surface area contributed by atoms with Crippen LogP contribution in [0.25, 0.3) is 0 Å². The van der Waals surface area contributed by atoms with Crippen LogP contribution in [0, 0.1) is 18.6 Å². The standard InChI is InChI=1S/C26H28F2N2O3S/c1-20-2-12-25(13-3-20)34(31,32)30-16-14-29(15-17-30)18-19-33-26(21-4-8-23(27)9-5-21)22-6-10-24(28)11-7-22/h2-13,26H,14-19H2,1H3. The minimum atomic E-state index is -3.50. The summed E-state index contributed by atoms with van der Waals surface area (Å²) in [7, 11) is -3.50. The zero-order chi connectivity index (χ0) is 24.1. The van der Waals surface area contributed by atoms with Crippen LogP contribution in [-0.4, -0.2) is 57.0 Å². The predicted molar refractivity (Wildman–Crippen MR) is 127 cm³/mol. The molecule has 0 saturated carbocycles. The molecule has 1 fully saturated rings.